The molecule has 94 valence electrons. The van der Waals surface area contributed by atoms with E-state index in [0.29, 0.717) is 20.8 Å². The van der Waals surface area contributed by atoms with Crippen LogP contribution in [0, 0.1) is 17.0 Å². The number of nitro groups is 1. The summed E-state index contributed by atoms with van der Waals surface area (Å²) in [7, 11) is 0. The van der Waals surface area contributed by atoms with E-state index in [1.165, 1.54) is 17.4 Å². The zero-order chi connectivity index (χ0) is 13.1. The van der Waals surface area contributed by atoms with Gasteiger partial charge in [0.2, 0.25) is 4.47 Å². The van der Waals surface area contributed by atoms with Gasteiger partial charge in [0.1, 0.15) is 12.4 Å². The Labute approximate surface area is 111 Å². The van der Waals surface area contributed by atoms with Crippen molar-refractivity contribution in [1.82, 2.24) is 10.2 Å². The Hall–Kier alpha value is -1.73. The summed E-state index contributed by atoms with van der Waals surface area (Å²) >= 11 is 6.87. The van der Waals surface area contributed by atoms with Gasteiger partial charge in [-0.05, 0) is 30.7 Å². The molecule has 0 fully saturated rings. The van der Waals surface area contributed by atoms with E-state index in [0.717, 1.165) is 0 Å². The lowest BCUT2D eigenvalue weighted by Crippen LogP contribution is -1.97. The fraction of sp³-hybridized carbons (Fsp3) is 0.200. The SMILES string of the molecule is Cc1cc(OCc2nnc(Cl)s2)ccc1[N+](=O)[O-]. The van der Waals surface area contributed by atoms with Crippen LogP contribution < -0.4 is 4.74 Å². The average molecular weight is 286 g/mol. The predicted molar refractivity (Wildman–Crippen MR) is 67.1 cm³/mol. The molecule has 0 atom stereocenters. The first-order valence-corrected chi connectivity index (χ1v) is 6.11. The summed E-state index contributed by atoms with van der Waals surface area (Å²) in [6, 6.07) is 4.58. The summed E-state index contributed by atoms with van der Waals surface area (Å²) in [5.41, 5.74) is 0.620. The third-order valence-corrected chi connectivity index (χ3v) is 3.16. The van der Waals surface area contributed by atoms with Crippen molar-refractivity contribution in [2.24, 2.45) is 0 Å². The van der Waals surface area contributed by atoms with Crippen molar-refractivity contribution < 1.29 is 9.66 Å². The van der Waals surface area contributed by atoms with E-state index in [1.54, 1.807) is 19.1 Å². The number of hydrogen-bond acceptors (Lipinski definition) is 6. The monoisotopic (exact) mass is 285 g/mol. The lowest BCUT2D eigenvalue weighted by atomic mass is 10.2. The second-order valence-electron chi connectivity index (χ2n) is 3.44. The van der Waals surface area contributed by atoms with Crippen LogP contribution in [0.25, 0.3) is 0 Å². The smallest absolute Gasteiger partial charge is 0.272 e. The Morgan fingerprint density at radius 3 is 2.83 bits per heavy atom. The fourth-order valence-corrected chi connectivity index (χ4v) is 2.14. The Balaban J connectivity index is 2.06. The highest BCUT2D eigenvalue weighted by Crippen LogP contribution is 2.24. The number of ether oxygens (including phenoxy) is 1. The first-order valence-electron chi connectivity index (χ1n) is 4.92. The van der Waals surface area contributed by atoms with Crippen molar-refractivity contribution in [2.45, 2.75) is 13.5 Å². The highest BCUT2D eigenvalue weighted by Gasteiger charge is 2.11. The van der Waals surface area contributed by atoms with Crippen molar-refractivity contribution in [3.63, 3.8) is 0 Å². The number of nitrogens with zero attached hydrogens (tertiary/aromatic N) is 3. The molecule has 2 rings (SSSR count). The van der Waals surface area contributed by atoms with E-state index in [-0.39, 0.29) is 12.3 Å². The number of benzene rings is 1. The molecule has 0 aliphatic rings. The molecule has 0 aliphatic carbocycles. The third kappa shape index (κ3) is 2.93. The predicted octanol–water partition coefficient (Wildman–Crippen LogP) is 2.99. The second kappa shape index (κ2) is 5.28. The molecule has 6 nitrogen and oxygen atoms in total. The van der Waals surface area contributed by atoms with Crippen molar-refractivity contribution in [3.8, 4) is 5.75 Å². The topological polar surface area (TPSA) is 78.2 Å². The molecule has 1 aromatic heterocycles. The maximum absolute atomic E-state index is 10.6. The zero-order valence-corrected chi connectivity index (χ0v) is 10.9. The van der Waals surface area contributed by atoms with Gasteiger partial charge >= 0.3 is 0 Å². The molecule has 0 radical (unpaired) electrons. The average Bonchev–Trinajstić information content (AvgIpc) is 2.72. The fourth-order valence-electron chi connectivity index (χ4n) is 1.36. The number of aryl methyl sites for hydroxylation is 1. The zero-order valence-electron chi connectivity index (χ0n) is 9.29. The largest absolute Gasteiger partial charge is 0.486 e. The molecule has 0 unspecified atom stereocenters. The minimum atomic E-state index is -0.427. The van der Waals surface area contributed by atoms with Gasteiger partial charge in [0.15, 0.2) is 5.01 Å². The molecule has 0 amide bonds. The van der Waals surface area contributed by atoms with Gasteiger partial charge in [0.05, 0.1) is 4.92 Å². The van der Waals surface area contributed by atoms with Gasteiger partial charge < -0.3 is 4.74 Å². The summed E-state index contributed by atoms with van der Waals surface area (Å²) in [6.07, 6.45) is 0. The van der Waals surface area contributed by atoms with E-state index in [9.17, 15) is 10.1 Å². The normalized spacial score (nSPS) is 10.3. The molecule has 8 heteroatoms. The van der Waals surface area contributed by atoms with Crippen LogP contribution in [0.2, 0.25) is 4.47 Å². The van der Waals surface area contributed by atoms with Crippen LogP contribution in [0.4, 0.5) is 5.69 Å². The third-order valence-electron chi connectivity index (χ3n) is 2.17. The van der Waals surface area contributed by atoms with Gasteiger partial charge in [-0.15, -0.1) is 10.2 Å². The van der Waals surface area contributed by atoms with E-state index < -0.39 is 4.92 Å². The van der Waals surface area contributed by atoms with Gasteiger partial charge in [-0.2, -0.15) is 0 Å². The number of aromatic nitrogens is 2. The van der Waals surface area contributed by atoms with Gasteiger partial charge in [0, 0.05) is 11.6 Å². The number of nitro benzene ring substituents is 1. The van der Waals surface area contributed by atoms with Gasteiger partial charge in [-0.25, -0.2) is 0 Å². The lowest BCUT2D eigenvalue weighted by molar-refractivity contribution is -0.385. The van der Waals surface area contributed by atoms with Crippen LogP contribution in [0.5, 0.6) is 5.75 Å². The highest BCUT2D eigenvalue weighted by molar-refractivity contribution is 7.15. The maximum atomic E-state index is 10.6. The molecule has 0 N–H and O–H groups in total. The van der Waals surface area contributed by atoms with Crippen molar-refractivity contribution in [1.29, 1.82) is 0 Å². The Bertz CT molecular complexity index is 587. The lowest BCUT2D eigenvalue weighted by Gasteiger charge is -2.04. The molecule has 18 heavy (non-hydrogen) atoms. The van der Waals surface area contributed by atoms with Crippen LogP contribution >= 0.6 is 22.9 Å². The molecule has 2 aromatic rings. The molecule has 0 aliphatic heterocycles. The van der Waals surface area contributed by atoms with E-state index in [2.05, 4.69) is 10.2 Å². The van der Waals surface area contributed by atoms with Gasteiger partial charge in [-0.1, -0.05) is 11.3 Å². The molecule has 1 heterocycles. The quantitative estimate of drug-likeness (QED) is 0.637. The Kier molecular flexibility index (Phi) is 3.73. The van der Waals surface area contributed by atoms with E-state index in [1.807, 2.05) is 0 Å². The van der Waals surface area contributed by atoms with Crippen LogP contribution in [0.1, 0.15) is 10.6 Å². The van der Waals surface area contributed by atoms with Crippen molar-refractivity contribution >= 4 is 28.6 Å². The van der Waals surface area contributed by atoms with Crippen molar-refractivity contribution in [3.05, 3.63) is 43.4 Å². The van der Waals surface area contributed by atoms with Crippen LogP contribution in [0.15, 0.2) is 18.2 Å². The molecular formula is C10H8ClN3O3S. The first kappa shape index (κ1) is 12.7. The number of halogens is 1. The molecule has 0 bridgehead atoms. The van der Waals surface area contributed by atoms with Gasteiger partial charge in [-0.3, -0.25) is 10.1 Å². The number of hydrogen-bond donors (Lipinski definition) is 0. The summed E-state index contributed by atoms with van der Waals surface area (Å²) in [5, 5.41) is 18.7. The maximum Gasteiger partial charge on any atom is 0.272 e. The summed E-state index contributed by atoms with van der Waals surface area (Å²) in [5.74, 6) is 0.546. The summed E-state index contributed by atoms with van der Waals surface area (Å²) in [6.45, 7) is 1.90. The van der Waals surface area contributed by atoms with Gasteiger partial charge in [0.25, 0.3) is 5.69 Å². The minimum absolute atomic E-state index is 0.0707. The molecule has 0 saturated carbocycles. The Morgan fingerprint density at radius 1 is 1.50 bits per heavy atom. The summed E-state index contributed by atoms with van der Waals surface area (Å²) < 4.78 is 5.80. The highest BCUT2D eigenvalue weighted by atomic mass is 35.5. The van der Waals surface area contributed by atoms with Crippen molar-refractivity contribution in [2.75, 3.05) is 0 Å². The second-order valence-corrected chi connectivity index (χ2v) is 5.09. The standard InChI is InChI=1S/C10H8ClN3O3S/c1-6-4-7(2-3-8(6)14(15)16)17-5-9-12-13-10(11)18-9/h2-4H,5H2,1H3. The molecule has 0 saturated heterocycles. The first-order chi connectivity index (χ1) is 8.56. The van der Waals surface area contributed by atoms with E-state index in [4.69, 9.17) is 16.3 Å². The summed E-state index contributed by atoms with van der Waals surface area (Å²) in [4.78, 5) is 10.2. The van der Waals surface area contributed by atoms with Crippen LogP contribution in [-0.2, 0) is 6.61 Å². The molecule has 1 aromatic carbocycles. The van der Waals surface area contributed by atoms with E-state index >= 15 is 0 Å². The van der Waals surface area contributed by atoms with Crippen LogP contribution in [0.3, 0.4) is 0 Å². The molecular weight excluding hydrogens is 278 g/mol. The van der Waals surface area contributed by atoms with Crippen LogP contribution in [-0.4, -0.2) is 15.1 Å². The molecule has 0 spiro atoms. The Morgan fingerprint density at radius 2 is 2.28 bits per heavy atom. The number of rotatable bonds is 4. The minimum Gasteiger partial charge on any atom is -0.486 e.